The summed E-state index contributed by atoms with van der Waals surface area (Å²) in [5.41, 5.74) is 5.56. The Hall–Kier alpha value is -2.19. The third kappa shape index (κ3) is 3.90. The SMILES string of the molecule is C#CCOc1c(I)cc(/C=C(\C#N)C(N)=O)cc1OC. The van der Waals surface area contributed by atoms with Crippen LogP contribution in [0.4, 0.5) is 0 Å². The van der Waals surface area contributed by atoms with Gasteiger partial charge in [0.25, 0.3) is 5.91 Å². The molecule has 20 heavy (non-hydrogen) atoms. The van der Waals surface area contributed by atoms with Crippen molar-refractivity contribution < 1.29 is 14.3 Å². The number of halogens is 1. The smallest absolute Gasteiger partial charge is 0.259 e. The summed E-state index contributed by atoms with van der Waals surface area (Å²) in [7, 11) is 1.49. The van der Waals surface area contributed by atoms with Gasteiger partial charge in [-0.15, -0.1) is 6.42 Å². The van der Waals surface area contributed by atoms with Crippen molar-refractivity contribution in [2.75, 3.05) is 13.7 Å². The Labute approximate surface area is 130 Å². The molecule has 1 aromatic rings. The number of amides is 1. The normalized spacial score (nSPS) is 10.3. The lowest BCUT2D eigenvalue weighted by atomic mass is 10.1. The molecule has 0 fully saturated rings. The van der Waals surface area contributed by atoms with Gasteiger partial charge in [-0.25, -0.2) is 0 Å². The molecule has 0 aliphatic rings. The predicted octanol–water partition coefficient (Wildman–Crippen LogP) is 1.70. The molecule has 0 atom stereocenters. The third-order valence-electron chi connectivity index (χ3n) is 2.25. The van der Waals surface area contributed by atoms with E-state index in [9.17, 15) is 4.79 Å². The summed E-state index contributed by atoms with van der Waals surface area (Å²) < 4.78 is 11.3. The van der Waals surface area contributed by atoms with Crippen LogP contribution in [0.25, 0.3) is 6.08 Å². The molecule has 6 heteroatoms. The molecule has 0 heterocycles. The number of carbonyl (C=O) groups excluding carboxylic acids is 1. The molecule has 0 radical (unpaired) electrons. The summed E-state index contributed by atoms with van der Waals surface area (Å²) in [5.74, 6) is 2.56. The second-order valence-corrected chi connectivity index (χ2v) is 4.72. The van der Waals surface area contributed by atoms with Gasteiger partial charge in [0.05, 0.1) is 10.7 Å². The van der Waals surface area contributed by atoms with Crippen molar-refractivity contribution in [2.45, 2.75) is 0 Å². The fourth-order valence-corrected chi connectivity index (χ4v) is 2.18. The van der Waals surface area contributed by atoms with Crippen LogP contribution in [0.5, 0.6) is 11.5 Å². The molecule has 0 bridgehead atoms. The third-order valence-corrected chi connectivity index (χ3v) is 3.05. The Bertz CT molecular complexity index is 639. The highest BCUT2D eigenvalue weighted by Crippen LogP contribution is 2.34. The minimum absolute atomic E-state index is 0.117. The lowest BCUT2D eigenvalue weighted by molar-refractivity contribution is -0.114. The molecule has 0 saturated heterocycles. The first-order valence-electron chi connectivity index (χ1n) is 5.38. The number of carbonyl (C=O) groups is 1. The summed E-state index contributed by atoms with van der Waals surface area (Å²) in [6.07, 6.45) is 6.54. The first-order valence-corrected chi connectivity index (χ1v) is 6.46. The monoisotopic (exact) mass is 382 g/mol. The Morgan fingerprint density at radius 2 is 2.30 bits per heavy atom. The van der Waals surface area contributed by atoms with Crippen LogP contribution in [0.2, 0.25) is 0 Å². The average Bonchev–Trinajstić information content (AvgIpc) is 2.42. The molecule has 1 aromatic carbocycles. The molecule has 0 spiro atoms. The molecule has 1 amide bonds. The molecular weight excluding hydrogens is 371 g/mol. The zero-order chi connectivity index (χ0) is 15.1. The van der Waals surface area contributed by atoms with E-state index in [0.717, 1.165) is 3.57 Å². The number of nitrogens with two attached hydrogens (primary N) is 1. The molecular formula is C14H11IN2O3. The van der Waals surface area contributed by atoms with Gasteiger partial charge in [-0.2, -0.15) is 5.26 Å². The van der Waals surface area contributed by atoms with Crippen molar-refractivity contribution in [3.8, 4) is 29.9 Å². The summed E-state index contributed by atoms with van der Waals surface area (Å²) in [6, 6.07) is 5.11. The van der Waals surface area contributed by atoms with Crippen LogP contribution in [0.15, 0.2) is 17.7 Å². The van der Waals surface area contributed by atoms with Crippen molar-refractivity contribution in [2.24, 2.45) is 5.73 Å². The van der Waals surface area contributed by atoms with Crippen LogP contribution >= 0.6 is 22.6 Å². The molecule has 0 aliphatic carbocycles. The van der Waals surface area contributed by atoms with Gasteiger partial charge in [-0.1, -0.05) is 5.92 Å². The topological polar surface area (TPSA) is 85.3 Å². The van der Waals surface area contributed by atoms with Crippen molar-refractivity contribution in [1.82, 2.24) is 0 Å². The van der Waals surface area contributed by atoms with E-state index in [-0.39, 0.29) is 12.2 Å². The van der Waals surface area contributed by atoms with Crippen molar-refractivity contribution >= 4 is 34.6 Å². The number of terminal acetylenes is 1. The number of nitriles is 1. The number of hydrogen-bond acceptors (Lipinski definition) is 4. The zero-order valence-corrected chi connectivity index (χ0v) is 12.8. The lowest BCUT2D eigenvalue weighted by Crippen LogP contribution is -2.12. The van der Waals surface area contributed by atoms with E-state index in [1.54, 1.807) is 18.2 Å². The zero-order valence-electron chi connectivity index (χ0n) is 10.6. The number of ether oxygens (including phenoxy) is 2. The molecule has 2 N–H and O–H groups in total. The summed E-state index contributed by atoms with van der Waals surface area (Å²) in [5, 5.41) is 8.83. The highest BCUT2D eigenvalue weighted by molar-refractivity contribution is 14.1. The fraction of sp³-hybridized carbons (Fsp3) is 0.143. The van der Waals surface area contributed by atoms with Gasteiger partial charge in [0.2, 0.25) is 0 Å². The van der Waals surface area contributed by atoms with Gasteiger partial charge in [-0.3, -0.25) is 4.79 Å². The first-order chi connectivity index (χ1) is 9.53. The molecule has 102 valence electrons. The van der Waals surface area contributed by atoms with E-state index in [2.05, 4.69) is 5.92 Å². The van der Waals surface area contributed by atoms with E-state index in [0.29, 0.717) is 17.1 Å². The molecule has 0 aromatic heterocycles. The van der Waals surface area contributed by atoms with E-state index >= 15 is 0 Å². The largest absolute Gasteiger partial charge is 0.493 e. The van der Waals surface area contributed by atoms with Crippen LogP contribution in [-0.4, -0.2) is 19.6 Å². The van der Waals surface area contributed by atoms with Gasteiger partial charge < -0.3 is 15.2 Å². The molecule has 0 aliphatic heterocycles. The Morgan fingerprint density at radius 1 is 1.60 bits per heavy atom. The van der Waals surface area contributed by atoms with Crippen molar-refractivity contribution in [1.29, 1.82) is 5.26 Å². The Balaban J connectivity index is 3.27. The number of hydrogen-bond donors (Lipinski definition) is 1. The maximum Gasteiger partial charge on any atom is 0.259 e. The van der Waals surface area contributed by atoms with E-state index < -0.39 is 5.91 Å². The summed E-state index contributed by atoms with van der Waals surface area (Å²) >= 11 is 2.05. The number of benzene rings is 1. The van der Waals surface area contributed by atoms with Crippen LogP contribution in [-0.2, 0) is 4.79 Å². The number of rotatable bonds is 5. The molecule has 0 saturated carbocycles. The molecule has 5 nitrogen and oxygen atoms in total. The van der Waals surface area contributed by atoms with Crippen LogP contribution in [0.1, 0.15) is 5.56 Å². The number of primary amides is 1. The maximum atomic E-state index is 11.0. The quantitative estimate of drug-likeness (QED) is 0.364. The van der Waals surface area contributed by atoms with Crippen molar-refractivity contribution in [3.05, 3.63) is 26.8 Å². The standard InChI is InChI=1S/C14H11IN2O3/c1-3-4-20-13-11(15)6-9(7-12(13)19-2)5-10(8-16)14(17)18/h1,5-7H,4H2,2H3,(H2,17,18)/b10-5+. The summed E-state index contributed by atoms with van der Waals surface area (Å²) in [6.45, 7) is 0.117. The second-order valence-electron chi connectivity index (χ2n) is 3.56. The van der Waals surface area contributed by atoms with Gasteiger partial charge >= 0.3 is 0 Å². The van der Waals surface area contributed by atoms with Crippen LogP contribution in [0.3, 0.4) is 0 Å². The van der Waals surface area contributed by atoms with Crippen LogP contribution < -0.4 is 15.2 Å². The minimum Gasteiger partial charge on any atom is -0.493 e. The van der Waals surface area contributed by atoms with E-state index in [1.807, 2.05) is 22.6 Å². The maximum absolute atomic E-state index is 11.0. The average molecular weight is 382 g/mol. The highest BCUT2D eigenvalue weighted by Gasteiger charge is 2.12. The Morgan fingerprint density at radius 3 is 2.80 bits per heavy atom. The second kappa shape index (κ2) is 7.41. The van der Waals surface area contributed by atoms with Gasteiger partial charge in [0.1, 0.15) is 18.2 Å². The van der Waals surface area contributed by atoms with Crippen LogP contribution in [0, 0.1) is 27.2 Å². The van der Waals surface area contributed by atoms with E-state index in [1.165, 1.54) is 13.2 Å². The minimum atomic E-state index is -0.783. The molecule has 0 unspecified atom stereocenters. The summed E-state index contributed by atoms with van der Waals surface area (Å²) in [4.78, 5) is 11.0. The highest BCUT2D eigenvalue weighted by atomic mass is 127. The fourth-order valence-electron chi connectivity index (χ4n) is 1.40. The number of nitrogens with zero attached hydrogens (tertiary/aromatic N) is 1. The van der Waals surface area contributed by atoms with Crippen molar-refractivity contribution in [3.63, 3.8) is 0 Å². The Kier molecular flexibility index (Phi) is 5.88. The predicted molar refractivity (Wildman–Crippen MR) is 82.8 cm³/mol. The lowest BCUT2D eigenvalue weighted by Gasteiger charge is -2.12. The first kappa shape index (κ1) is 15.9. The molecule has 1 rings (SSSR count). The van der Waals surface area contributed by atoms with Gasteiger partial charge in [-0.05, 0) is 46.4 Å². The number of methoxy groups -OCH3 is 1. The van der Waals surface area contributed by atoms with Gasteiger partial charge in [0, 0.05) is 0 Å². The van der Waals surface area contributed by atoms with E-state index in [4.69, 9.17) is 26.9 Å². The van der Waals surface area contributed by atoms with Gasteiger partial charge in [0.15, 0.2) is 11.5 Å².